The molecule has 0 aliphatic heterocycles. The van der Waals surface area contributed by atoms with Crippen molar-refractivity contribution >= 4 is 6.03 Å². The third kappa shape index (κ3) is 5.71. The highest BCUT2D eigenvalue weighted by atomic mass is 16.5. The Balaban J connectivity index is 1.76. The minimum atomic E-state index is -0.0180. The average molecular weight is 333 g/mol. The zero-order chi connectivity index (χ0) is 17.5. The number of rotatable bonds is 6. The molecule has 1 aliphatic rings. The summed E-state index contributed by atoms with van der Waals surface area (Å²) in [6, 6.07) is 8.48. The van der Waals surface area contributed by atoms with Crippen LogP contribution < -0.4 is 15.8 Å². The number of nitrogens with zero attached hydrogens (tertiary/aromatic N) is 1. The van der Waals surface area contributed by atoms with Gasteiger partial charge in [-0.15, -0.1) is 0 Å². The van der Waals surface area contributed by atoms with Crippen molar-refractivity contribution in [1.82, 2.24) is 10.2 Å². The van der Waals surface area contributed by atoms with Gasteiger partial charge in [0, 0.05) is 25.7 Å². The molecule has 0 atom stereocenters. The number of ether oxygens (including phenoxy) is 1. The Hall–Kier alpha value is -1.75. The van der Waals surface area contributed by atoms with Crippen molar-refractivity contribution in [2.24, 2.45) is 11.7 Å². The molecule has 1 aliphatic carbocycles. The smallest absolute Gasteiger partial charge is 0.317 e. The first-order valence-electron chi connectivity index (χ1n) is 8.93. The summed E-state index contributed by atoms with van der Waals surface area (Å²) in [6.07, 6.45) is 3.99. The van der Waals surface area contributed by atoms with Crippen LogP contribution >= 0.6 is 0 Å². The van der Waals surface area contributed by atoms with Crippen LogP contribution in [0.5, 0.6) is 5.75 Å². The third-order valence-electron chi connectivity index (χ3n) is 4.56. The van der Waals surface area contributed by atoms with Gasteiger partial charge in [0.1, 0.15) is 5.75 Å². The van der Waals surface area contributed by atoms with Crippen LogP contribution in [-0.4, -0.2) is 36.7 Å². The summed E-state index contributed by atoms with van der Waals surface area (Å²) in [4.78, 5) is 14.1. The first-order chi connectivity index (χ1) is 11.5. The van der Waals surface area contributed by atoms with Gasteiger partial charge in [0.25, 0.3) is 0 Å². The van der Waals surface area contributed by atoms with Crippen LogP contribution in [0.2, 0.25) is 0 Å². The van der Waals surface area contributed by atoms with E-state index in [9.17, 15) is 4.79 Å². The van der Waals surface area contributed by atoms with Gasteiger partial charge in [0.05, 0.1) is 6.61 Å². The molecular formula is C19H31N3O2. The maximum Gasteiger partial charge on any atom is 0.317 e. The van der Waals surface area contributed by atoms with E-state index in [0.717, 1.165) is 37.0 Å². The van der Waals surface area contributed by atoms with E-state index in [1.807, 2.05) is 36.2 Å². The van der Waals surface area contributed by atoms with Crippen LogP contribution in [0.15, 0.2) is 24.3 Å². The van der Waals surface area contributed by atoms with Gasteiger partial charge in [-0.25, -0.2) is 4.79 Å². The highest BCUT2D eigenvalue weighted by Gasteiger charge is 2.24. The van der Waals surface area contributed by atoms with Gasteiger partial charge in [0.2, 0.25) is 0 Å². The molecule has 0 bridgehead atoms. The summed E-state index contributed by atoms with van der Waals surface area (Å²) in [6.45, 7) is 5.49. The van der Waals surface area contributed by atoms with Crippen molar-refractivity contribution in [1.29, 1.82) is 0 Å². The largest absolute Gasteiger partial charge is 0.493 e. The van der Waals surface area contributed by atoms with Gasteiger partial charge in [0.15, 0.2) is 0 Å². The maximum absolute atomic E-state index is 12.3. The zero-order valence-corrected chi connectivity index (χ0v) is 15.1. The van der Waals surface area contributed by atoms with Crippen LogP contribution in [0.25, 0.3) is 0 Å². The number of benzene rings is 1. The Morgan fingerprint density at radius 1 is 1.25 bits per heavy atom. The fourth-order valence-electron chi connectivity index (χ4n) is 2.92. The fraction of sp³-hybridized carbons (Fsp3) is 0.632. The van der Waals surface area contributed by atoms with E-state index in [0.29, 0.717) is 31.2 Å². The van der Waals surface area contributed by atoms with Gasteiger partial charge in [-0.2, -0.15) is 0 Å². The van der Waals surface area contributed by atoms with Crippen LogP contribution in [0.3, 0.4) is 0 Å². The number of urea groups is 1. The summed E-state index contributed by atoms with van der Waals surface area (Å²) < 4.78 is 5.67. The van der Waals surface area contributed by atoms with Crippen molar-refractivity contribution in [3.05, 3.63) is 29.8 Å². The number of amides is 2. The fourth-order valence-corrected chi connectivity index (χ4v) is 2.92. The van der Waals surface area contributed by atoms with Gasteiger partial charge in [-0.1, -0.05) is 26.0 Å². The lowest BCUT2D eigenvalue weighted by Gasteiger charge is -2.33. The van der Waals surface area contributed by atoms with Gasteiger partial charge in [-0.3, -0.25) is 0 Å². The molecule has 1 saturated carbocycles. The van der Waals surface area contributed by atoms with E-state index in [-0.39, 0.29) is 6.03 Å². The van der Waals surface area contributed by atoms with Crippen molar-refractivity contribution in [2.45, 2.75) is 58.2 Å². The molecule has 0 unspecified atom stereocenters. The lowest BCUT2D eigenvalue weighted by molar-refractivity contribution is 0.169. The molecule has 134 valence electrons. The van der Waals surface area contributed by atoms with Crippen LogP contribution in [-0.2, 0) is 6.54 Å². The van der Waals surface area contributed by atoms with Crippen LogP contribution in [0.4, 0.5) is 4.79 Å². The Bertz CT molecular complexity index is 508. The first kappa shape index (κ1) is 18.6. The maximum atomic E-state index is 12.3. The number of nitrogens with two attached hydrogens (primary N) is 1. The molecule has 0 heterocycles. The average Bonchev–Trinajstić information content (AvgIpc) is 2.58. The number of hydrogen-bond donors (Lipinski definition) is 2. The van der Waals surface area contributed by atoms with Gasteiger partial charge >= 0.3 is 6.03 Å². The van der Waals surface area contributed by atoms with Crippen LogP contribution in [0.1, 0.15) is 45.1 Å². The number of nitrogens with one attached hydrogen (secondary N) is 1. The van der Waals surface area contributed by atoms with Crippen molar-refractivity contribution < 1.29 is 9.53 Å². The summed E-state index contributed by atoms with van der Waals surface area (Å²) in [5, 5.41) is 2.99. The molecule has 5 heteroatoms. The number of carbonyl (C=O) groups excluding carboxylic acids is 1. The summed E-state index contributed by atoms with van der Waals surface area (Å²) >= 11 is 0. The predicted octanol–water partition coefficient (Wildman–Crippen LogP) is 3.13. The summed E-state index contributed by atoms with van der Waals surface area (Å²) in [5.41, 5.74) is 7.00. The van der Waals surface area contributed by atoms with E-state index < -0.39 is 0 Å². The van der Waals surface area contributed by atoms with E-state index in [4.69, 9.17) is 10.5 Å². The Morgan fingerprint density at radius 2 is 1.88 bits per heavy atom. The molecule has 1 fully saturated rings. The molecule has 1 aromatic carbocycles. The monoisotopic (exact) mass is 333 g/mol. The molecule has 0 saturated heterocycles. The van der Waals surface area contributed by atoms with Gasteiger partial charge < -0.3 is 20.7 Å². The topological polar surface area (TPSA) is 67.6 Å². The normalized spacial score (nSPS) is 20.7. The molecule has 3 N–H and O–H groups in total. The molecule has 2 amide bonds. The number of carbonyl (C=O) groups is 1. The van der Waals surface area contributed by atoms with Crippen LogP contribution in [0, 0.1) is 5.92 Å². The lowest BCUT2D eigenvalue weighted by atomic mass is 9.91. The zero-order valence-electron chi connectivity index (χ0n) is 15.1. The van der Waals surface area contributed by atoms with E-state index in [2.05, 4.69) is 19.2 Å². The van der Waals surface area contributed by atoms with Crippen molar-refractivity contribution in [3.63, 3.8) is 0 Å². The Labute approximate surface area is 145 Å². The highest BCUT2D eigenvalue weighted by molar-refractivity contribution is 5.74. The number of hydrogen-bond acceptors (Lipinski definition) is 3. The molecule has 0 aromatic heterocycles. The molecule has 2 rings (SSSR count). The molecule has 24 heavy (non-hydrogen) atoms. The second-order valence-corrected chi connectivity index (χ2v) is 7.19. The SMILES string of the molecule is CC(C)COc1ccc(CNC(=O)N(C)[C@H]2CC[C@H](N)CC2)cc1. The lowest BCUT2D eigenvalue weighted by Crippen LogP contribution is -2.46. The molecule has 0 radical (unpaired) electrons. The van der Waals surface area contributed by atoms with E-state index in [1.165, 1.54) is 0 Å². The summed E-state index contributed by atoms with van der Waals surface area (Å²) in [5.74, 6) is 1.38. The Morgan fingerprint density at radius 3 is 2.46 bits per heavy atom. The summed E-state index contributed by atoms with van der Waals surface area (Å²) in [7, 11) is 1.87. The van der Waals surface area contributed by atoms with Crippen molar-refractivity contribution in [3.8, 4) is 5.75 Å². The van der Waals surface area contributed by atoms with E-state index >= 15 is 0 Å². The molecule has 5 nitrogen and oxygen atoms in total. The predicted molar refractivity (Wildman–Crippen MR) is 97.0 cm³/mol. The Kier molecular flexibility index (Phi) is 6.91. The second-order valence-electron chi connectivity index (χ2n) is 7.19. The second kappa shape index (κ2) is 8.92. The standard InChI is InChI=1S/C19H31N3O2/c1-14(2)13-24-18-10-4-15(5-11-18)12-21-19(23)22(3)17-8-6-16(20)7-9-17/h4-5,10-11,14,16-17H,6-9,12-13,20H2,1-3H3,(H,21,23)/t16-,17-. The molecule has 0 spiro atoms. The third-order valence-corrected chi connectivity index (χ3v) is 4.56. The molecule has 1 aromatic rings. The molecular weight excluding hydrogens is 302 g/mol. The minimum Gasteiger partial charge on any atom is -0.493 e. The van der Waals surface area contributed by atoms with E-state index in [1.54, 1.807) is 0 Å². The quantitative estimate of drug-likeness (QED) is 0.840. The van der Waals surface area contributed by atoms with Crippen molar-refractivity contribution in [2.75, 3.05) is 13.7 Å². The minimum absolute atomic E-state index is 0.0180. The first-order valence-corrected chi connectivity index (χ1v) is 8.93. The van der Waals surface area contributed by atoms with Gasteiger partial charge in [-0.05, 0) is 49.3 Å². The highest BCUT2D eigenvalue weighted by Crippen LogP contribution is 2.21.